The number of hydrogen-bond acceptors (Lipinski definition) is 3. The van der Waals surface area contributed by atoms with Crippen LogP contribution in [0, 0.1) is 11.3 Å². The molecule has 1 aliphatic carbocycles. The van der Waals surface area contributed by atoms with Crippen molar-refractivity contribution in [1.29, 1.82) is 0 Å². The Balaban J connectivity index is 1.83. The van der Waals surface area contributed by atoms with Crippen molar-refractivity contribution >= 4 is 0 Å². The highest BCUT2D eigenvalue weighted by Gasteiger charge is 2.52. The molecule has 3 aliphatic rings. The van der Waals surface area contributed by atoms with E-state index in [0.717, 1.165) is 24.5 Å². The minimum atomic E-state index is 0.259. The highest BCUT2D eigenvalue weighted by Crippen LogP contribution is 2.50. The van der Waals surface area contributed by atoms with Crippen molar-refractivity contribution < 1.29 is 0 Å². The predicted octanol–water partition coefficient (Wildman–Crippen LogP) is 2.31. The largest absolute Gasteiger partial charge is 0.329 e. The van der Waals surface area contributed by atoms with Crippen LogP contribution in [0.3, 0.4) is 0 Å². The Bertz CT molecular complexity index is 367. The second-order valence-electron chi connectivity index (χ2n) is 8.54. The van der Waals surface area contributed by atoms with Gasteiger partial charge < -0.3 is 5.73 Å². The van der Waals surface area contributed by atoms with Gasteiger partial charge in [-0.2, -0.15) is 0 Å². The number of likely N-dealkylation sites (tertiary alicyclic amines) is 1. The van der Waals surface area contributed by atoms with E-state index in [2.05, 4.69) is 37.6 Å². The lowest BCUT2D eigenvalue weighted by atomic mass is 9.83. The Kier molecular flexibility index (Phi) is 3.67. The molecule has 4 unspecified atom stereocenters. The maximum atomic E-state index is 6.34. The smallest absolute Gasteiger partial charge is 0.0363 e. The van der Waals surface area contributed by atoms with Gasteiger partial charge in [-0.25, -0.2) is 0 Å². The third kappa shape index (κ3) is 2.22. The zero-order valence-corrected chi connectivity index (χ0v) is 13.9. The molecule has 2 saturated heterocycles. The average Bonchev–Trinajstić information content (AvgIpc) is 2.73. The van der Waals surface area contributed by atoms with E-state index in [1.807, 2.05) is 0 Å². The minimum absolute atomic E-state index is 0.259. The van der Waals surface area contributed by atoms with E-state index in [-0.39, 0.29) is 5.54 Å². The summed E-state index contributed by atoms with van der Waals surface area (Å²) in [5.74, 6) is 0.726. The summed E-state index contributed by atoms with van der Waals surface area (Å²) in [5.41, 5.74) is 7.05. The summed E-state index contributed by atoms with van der Waals surface area (Å²) >= 11 is 0. The second-order valence-corrected chi connectivity index (χ2v) is 8.54. The van der Waals surface area contributed by atoms with Gasteiger partial charge in [0.25, 0.3) is 0 Å². The molecule has 4 atom stereocenters. The lowest BCUT2D eigenvalue weighted by molar-refractivity contribution is 0.0503. The van der Waals surface area contributed by atoms with Gasteiger partial charge in [-0.05, 0) is 50.5 Å². The molecular formula is C17H33N3. The molecule has 3 nitrogen and oxygen atoms in total. The zero-order chi connectivity index (χ0) is 14.5. The zero-order valence-electron chi connectivity index (χ0n) is 13.9. The average molecular weight is 279 g/mol. The fourth-order valence-electron chi connectivity index (χ4n) is 5.63. The van der Waals surface area contributed by atoms with E-state index >= 15 is 0 Å². The van der Waals surface area contributed by atoms with E-state index in [4.69, 9.17) is 5.73 Å². The summed E-state index contributed by atoms with van der Waals surface area (Å²) in [6.07, 6.45) is 6.73. The first-order chi connectivity index (χ1) is 9.38. The maximum Gasteiger partial charge on any atom is 0.0363 e. The lowest BCUT2D eigenvalue weighted by Crippen LogP contribution is -2.58. The monoisotopic (exact) mass is 279 g/mol. The van der Waals surface area contributed by atoms with E-state index in [9.17, 15) is 0 Å². The number of hydrogen-bond donors (Lipinski definition) is 1. The van der Waals surface area contributed by atoms with Crippen LogP contribution in [-0.4, -0.2) is 54.1 Å². The predicted molar refractivity (Wildman–Crippen MR) is 84.7 cm³/mol. The molecule has 0 amide bonds. The summed E-state index contributed by atoms with van der Waals surface area (Å²) in [5, 5.41) is 0. The quantitative estimate of drug-likeness (QED) is 0.842. The number of rotatable bonds is 2. The fourth-order valence-corrected chi connectivity index (χ4v) is 5.63. The summed E-state index contributed by atoms with van der Waals surface area (Å²) in [6, 6.07) is 1.59. The number of fused-ring (bicyclic) bond motifs is 2. The standard InChI is InChI=1S/C17H33N3/c1-13-9-16(2,3)11-17(13,12-18)20-8-7-14-5-6-15(10-20)19(14)4/h13-15H,5-12,18H2,1-4H3. The number of nitrogens with zero attached hydrogens (tertiary/aromatic N) is 2. The van der Waals surface area contributed by atoms with Gasteiger partial charge in [-0.15, -0.1) is 0 Å². The first-order valence-electron chi connectivity index (χ1n) is 8.55. The van der Waals surface area contributed by atoms with E-state index in [0.29, 0.717) is 5.41 Å². The molecule has 0 aromatic carbocycles. The molecule has 3 fully saturated rings. The molecule has 0 spiro atoms. The summed E-state index contributed by atoms with van der Waals surface area (Å²) in [4.78, 5) is 5.45. The normalized spacial score (nSPS) is 45.8. The first kappa shape index (κ1) is 14.8. The van der Waals surface area contributed by atoms with Crippen molar-refractivity contribution in [3.63, 3.8) is 0 Å². The van der Waals surface area contributed by atoms with E-state index < -0.39 is 0 Å². The fraction of sp³-hybridized carbons (Fsp3) is 1.00. The lowest BCUT2D eigenvalue weighted by Gasteiger charge is -2.45. The molecule has 20 heavy (non-hydrogen) atoms. The van der Waals surface area contributed by atoms with Crippen LogP contribution < -0.4 is 5.73 Å². The Hall–Kier alpha value is -0.120. The van der Waals surface area contributed by atoms with Gasteiger partial charge in [-0.1, -0.05) is 20.8 Å². The molecule has 2 heterocycles. The third-order valence-corrected chi connectivity index (χ3v) is 6.69. The topological polar surface area (TPSA) is 32.5 Å². The van der Waals surface area contributed by atoms with Gasteiger partial charge in [0, 0.05) is 37.3 Å². The second kappa shape index (κ2) is 4.96. The van der Waals surface area contributed by atoms with Crippen LogP contribution in [0.15, 0.2) is 0 Å². The molecule has 2 aliphatic heterocycles. The number of likely N-dealkylation sites (N-methyl/N-ethyl adjacent to an activating group) is 1. The van der Waals surface area contributed by atoms with Gasteiger partial charge in [0.2, 0.25) is 0 Å². The Morgan fingerprint density at radius 2 is 1.85 bits per heavy atom. The molecule has 3 rings (SSSR count). The third-order valence-electron chi connectivity index (χ3n) is 6.69. The van der Waals surface area contributed by atoms with Crippen LogP contribution in [0.1, 0.15) is 52.9 Å². The van der Waals surface area contributed by atoms with Crippen molar-refractivity contribution in [2.75, 3.05) is 26.7 Å². The summed E-state index contributed by atoms with van der Waals surface area (Å²) in [7, 11) is 2.34. The van der Waals surface area contributed by atoms with Gasteiger partial charge in [0.1, 0.15) is 0 Å². The highest BCUT2D eigenvalue weighted by atomic mass is 15.3. The van der Waals surface area contributed by atoms with Gasteiger partial charge in [0.15, 0.2) is 0 Å². The van der Waals surface area contributed by atoms with E-state index in [1.54, 1.807) is 0 Å². The molecule has 0 radical (unpaired) electrons. The van der Waals surface area contributed by atoms with Gasteiger partial charge >= 0.3 is 0 Å². The van der Waals surface area contributed by atoms with Crippen LogP contribution in [-0.2, 0) is 0 Å². The van der Waals surface area contributed by atoms with Crippen LogP contribution in [0.5, 0.6) is 0 Å². The van der Waals surface area contributed by atoms with Crippen molar-refractivity contribution in [3.05, 3.63) is 0 Å². The Morgan fingerprint density at radius 1 is 1.15 bits per heavy atom. The van der Waals surface area contributed by atoms with Crippen molar-refractivity contribution in [2.45, 2.75) is 70.5 Å². The minimum Gasteiger partial charge on any atom is -0.329 e. The van der Waals surface area contributed by atoms with Crippen LogP contribution >= 0.6 is 0 Å². The van der Waals surface area contributed by atoms with Gasteiger partial charge in [-0.3, -0.25) is 9.80 Å². The molecular weight excluding hydrogens is 246 g/mol. The SMILES string of the molecule is CC1CC(C)(C)CC1(CN)N1CCC2CCC(C1)N2C. The molecule has 0 aromatic heterocycles. The molecule has 116 valence electrons. The molecule has 1 saturated carbocycles. The van der Waals surface area contributed by atoms with Crippen molar-refractivity contribution in [2.24, 2.45) is 17.1 Å². The summed E-state index contributed by atoms with van der Waals surface area (Å²) in [6.45, 7) is 10.6. The Morgan fingerprint density at radius 3 is 2.45 bits per heavy atom. The molecule has 2 bridgehead atoms. The van der Waals surface area contributed by atoms with E-state index in [1.165, 1.54) is 45.2 Å². The molecule has 0 aromatic rings. The van der Waals surface area contributed by atoms with Crippen LogP contribution in [0.2, 0.25) is 0 Å². The first-order valence-corrected chi connectivity index (χ1v) is 8.55. The maximum absolute atomic E-state index is 6.34. The van der Waals surface area contributed by atoms with Crippen LogP contribution in [0.25, 0.3) is 0 Å². The number of nitrogens with two attached hydrogens (primary N) is 1. The van der Waals surface area contributed by atoms with Crippen molar-refractivity contribution in [1.82, 2.24) is 9.80 Å². The van der Waals surface area contributed by atoms with Crippen LogP contribution in [0.4, 0.5) is 0 Å². The summed E-state index contributed by atoms with van der Waals surface area (Å²) < 4.78 is 0. The molecule has 3 heteroatoms. The Labute approximate surface area is 124 Å². The van der Waals surface area contributed by atoms with Crippen molar-refractivity contribution in [3.8, 4) is 0 Å². The molecule has 2 N–H and O–H groups in total. The highest BCUT2D eigenvalue weighted by molar-refractivity contribution is 5.08. The van der Waals surface area contributed by atoms with Gasteiger partial charge in [0.05, 0.1) is 0 Å².